The van der Waals surface area contributed by atoms with Crippen molar-refractivity contribution in [2.24, 2.45) is 11.8 Å². The summed E-state index contributed by atoms with van der Waals surface area (Å²) in [6, 6.07) is 8.40. The van der Waals surface area contributed by atoms with Gasteiger partial charge < -0.3 is 4.74 Å². The maximum Gasteiger partial charge on any atom is 0.123 e. The molecular weight excluding hydrogens is 232 g/mol. The van der Waals surface area contributed by atoms with Crippen molar-refractivity contribution in [2.75, 3.05) is 0 Å². The van der Waals surface area contributed by atoms with E-state index in [1.54, 1.807) is 0 Å². The molecule has 92 valence electrons. The zero-order chi connectivity index (χ0) is 11.8. The summed E-state index contributed by atoms with van der Waals surface area (Å²) in [5.41, 5.74) is 1.37. The Morgan fingerprint density at radius 2 is 2.12 bits per heavy atom. The van der Waals surface area contributed by atoms with Crippen molar-refractivity contribution in [1.82, 2.24) is 0 Å². The molecule has 1 aromatic carbocycles. The van der Waals surface area contributed by atoms with Crippen molar-refractivity contribution in [1.29, 1.82) is 0 Å². The number of rotatable bonds is 2. The Hall–Kier alpha value is -0.690. The van der Waals surface area contributed by atoms with E-state index in [0.29, 0.717) is 17.4 Å². The average Bonchev–Trinajstić information content (AvgIpc) is 2.87. The third kappa shape index (κ3) is 2.18. The zero-order valence-electron chi connectivity index (χ0n) is 10.2. The molecule has 1 aromatic rings. The van der Waals surface area contributed by atoms with Crippen molar-refractivity contribution in [3.63, 3.8) is 0 Å². The summed E-state index contributed by atoms with van der Waals surface area (Å²) >= 11 is 6.29. The molecule has 0 N–H and O–H groups in total. The topological polar surface area (TPSA) is 9.23 Å². The Balaban J connectivity index is 1.62. The van der Waals surface area contributed by atoms with Crippen molar-refractivity contribution in [3.8, 4) is 5.75 Å². The van der Waals surface area contributed by atoms with E-state index >= 15 is 0 Å². The van der Waals surface area contributed by atoms with Crippen LogP contribution in [-0.4, -0.2) is 11.5 Å². The molecule has 2 aliphatic rings. The smallest absolute Gasteiger partial charge is 0.123 e. The van der Waals surface area contributed by atoms with Gasteiger partial charge in [0.05, 0.1) is 0 Å². The van der Waals surface area contributed by atoms with E-state index in [9.17, 15) is 0 Å². The lowest BCUT2D eigenvalue weighted by Crippen LogP contribution is -2.21. The summed E-state index contributed by atoms with van der Waals surface area (Å²) in [5.74, 6) is 2.48. The fourth-order valence-electron chi connectivity index (χ4n) is 3.25. The van der Waals surface area contributed by atoms with Crippen molar-refractivity contribution < 1.29 is 4.74 Å². The molecule has 1 heterocycles. The van der Waals surface area contributed by atoms with Crippen LogP contribution in [0.4, 0.5) is 0 Å². The molecule has 0 amide bonds. The lowest BCUT2D eigenvalue weighted by atomic mass is 9.90. The first-order chi connectivity index (χ1) is 8.24. The van der Waals surface area contributed by atoms with Crippen molar-refractivity contribution >= 4 is 11.6 Å². The van der Waals surface area contributed by atoms with Gasteiger partial charge in [-0.25, -0.2) is 0 Å². The first-order valence-corrected chi connectivity index (χ1v) is 7.06. The van der Waals surface area contributed by atoms with Gasteiger partial charge in [-0.3, -0.25) is 0 Å². The van der Waals surface area contributed by atoms with E-state index in [1.165, 1.54) is 24.8 Å². The van der Waals surface area contributed by atoms with Gasteiger partial charge in [0.25, 0.3) is 0 Å². The van der Waals surface area contributed by atoms with Crippen LogP contribution in [0.1, 0.15) is 31.7 Å². The highest BCUT2D eigenvalue weighted by atomic mass is 35.5. The van der Waals surface area contributed by atoms with Crippen LogP contribution >= 0.6 is 11.6 Å². The standard InChI is InChI=1S/C15H19ClO/c1-10-11(6-7-14(10)16)8-13-9-12-4-2-3-5-15(12)17-13/h2-5,10-11,13-14H,6-9H2,1H3. The molecule has 1 aliphatic heterocycles. The maximum absolute atomic E-state index is 6.29. The molecule has 0 saturated heterocycles. The van der Waals surface area contributed by atoms with Gasteiger partial charge in [-0.05, 0) is 42.7 Å². The lowest BCUT2D eigenvalue weighted by molar-refractivity contribution is 0.181. The zero-order valence-corrected chi connectivity index (χ0v) is 11.0. The van der Waals surface area contributed by atoms with E-state index in [2.05, 4.69) is 25.1 Å². The minimum atomic E-state index is 0.377. The normalized spacial score (nSPS) is 35.6. The molecule has 1 fully saturated rings. The van der Waals surface area contributed by atoms with E-state index in [-0.39, 0.29) is 0 Å². The number of benzene rings is 1. The number of alkyl halides is 1. The van der Waals surface area contributed by atoms with Gasteiger partial charge in [-0.1, -0.05) is 25.1 Å². The number of fused-ring (bicyclic) bond motifs is 1. The molecule has 1 aliphatic carbocycles. The summed E-state index contributed by atoms with van der Waals surface area (Å²) in [6.07, 6.45) is 5.06. The second-order valence-electron chi connectivity index (χ2n) is 5.50. The average molecular weight is 251 g/mol. The monoisotopic (exact) mass is 250 g/mol. The summed E-state index contributed by atoms with van der Waals surface area (Å²) in [7, 11) is 0. The van der Waals surface area contributed by atoms with E-state index in [4.69, 9.17) is 16.3 Å². The van der Waals surface area contributed by atoms with Crippen LogP contribution in [0.2, 0.25) is 0 Å². The van der Waals surface area contributed by atoms with Gasteiger partial charge in [0, 0.05) is 11.8 Å². The van der Waals surface area contributed by atoms with Gasteiger partial charge in [0.15, 0.2) is 0 Å². The van der Waals surface area contributed by atoms with Crippen LogP contribution < -0.4 is 4.74 Å². The first-order valence-electron chi connectivity index (χ1n) is 6.62. The molecule has 0 aromatic heterocycles. The van der Waals surface area contributed by atoms with Gasteiger partial charge in [0.1, 0.15) is 11.9 Å². The fraction of sp³-hybridized carbons (Fsp3) is 0.600. The van der Waals surface area contributed by atoms with E-state index in [0.717, 1.165) is 18.1 Å². The number of hydrogen-bond donors (Lipinski definition) is 0. The molecule has 1 nitrogen and oxygen atoms in total. The van der Waals surface area contributed by atoms with Crippen LogP contribution in [0.25, 0.3) is 0 Å². The van der Waals surface area contributed by atoms with Gasteiger partial charge in [-0.15, -0.1) is 11.6 Å². The Labute approximate surface area is 108 Å². The summed E-state index contributed by atoms with van der Waals surface area (Å²) < 4.78 is 6.01. The van der Waals surface area contributed by atoms with Crippen molar-refractivity contribution in [2.45, 2.75) is 44.1 Å². The van der Waals surface area contributed by atoms with E-state index < -0.39 is 0 Å². The second-order valence-corrected chi connectivity index (χ2v) is 6.06. The summed E-state index contributed by atoms with van der Waals surface area (Å²) in [5, 5.41) is 0.378. The van der Waals surface area contributed by atoms with Crippen molar-refractivity contribution in [3.05, 3.63) is 29.8 Å². The highest BCUT2D eigenvalue weighted by Gasteiger charge is 2.34. The third-order valence-electron chi connectivity index (χ3n) is 4.41. The Bertz CT molecular complexity index is 379. The van der Waals surface area contributed by atoms with Gasteiger partial charge >= 0.3 is 0 Å². The van der Waals surface area contributed by atoms with E-state index in [1.807, 2.05) is 6.07 Å². The molecule has 0 radical (unpaired) electrons. The largest absolute Gasteiger partial charge is 0.490 e. The van der Waals surface area contributed by atoms with Crippen LogP contribution in [0.3, 0.4) is 0 Å². The van der Waals surface area contributed by atoms with Crippen LogP contribution in [0.15, 0.2) is 24.3 Å². The number of hydrogen-bond acceptors (Lipinski definition) is 1. The predicted molar refractivity (Wildman–Crippen MR) is 70.7 cm³/mol. The van der Waals surface area contributed by atoms with Crippen LogP contribution in [0, 0.1) is 11.8 Å². The molecule has 17 heavy (non-hydrogen) atoms. The molecule has 0 spiro atoms. The Morgan fingerprint density at radius 3 is 2.82 bits per heavy atom. The summed E-state index contributed by atoms with van der Waals surface area (Å²) in [4.78, 5) is 0. The van der Waals surface area contributed by atoms with Gasteiger partial charge in [0.2, 0.25) is 0 Å². The molecule has 4 unspecified atom stereocenters. The maximum atomic E-state index is 6.29. The SMILES string of the molecule is CC1C(Cl)CCC1CC1Cc2ccccc2O1. The molecule has 1 saturated carbocycles. The fourth-order valence-corrected chi connectivity index (χ4v) is 3.58. The highest BCUT2D eigenvalue weighted by Crippen LogP contribution is 2.40. The molecule has 0 bridgehead atoms. The molecule has 4 atom stereocenters. The minimum Gasteiger partial charge on any atom is -0.490 e. The quantitative estimate of drug-likeness (QED) is 0.720. The highest BCUT2D eigenvalue weighted by molar-refractivity contribution is 6.20. The number of halogens is 1. The summed E-state index contributed by atoms with van der Waals surface area (Å²) in [6.45, 7) is 2.29. The number of ether oxygens (including phenoxy) is 1. The minimum absolute atomic E-state index is 0.377. The third-order valence-corrected chi connectivity index (χ3v) is 5.02. The molecular formula is C15H19ClO. The Morgan fingerprint density at radius 1 is 1.29 bits per heavy atom. The van der Waals surface area contributed by atoms with Gasteiger partial charge in [-0.2, -0.15) is 0 Å². The Kier molecular flexibility index (Phi) is 3.04. The predicted octanol–water partition coefficient (Wildman–Crippen LogP) is 4.03. The number of para-hydroxylation sites is 1. The first kappa shape index (κ1) is 11.4. The second kappa shape index (κ2) is 4.53. The van der Waals surface area contributed by atoms with Crippen LogP contribution in [0.5, 0.6) is 5.75 Å². The van der Waals surface area contributed by atoms with Crippen LogP contribution in [-0.2, 0) is 6.42 Å². The lowest BCUT2D eigenvalue weighted by Gasteiger charge is -2.20. The molecule has 3 rings (SSSR count). The molecule has 2 heteroatoms.